The average molecular weight is 194 g/mol. The number of carbonyl (C=O) groups is 1. The summed E-state index contributed by atoms with van der Waals surface area (Å²) in [6.07, 6.45) is 1.72. The molecule has 0 aliphatic heterocycles. The van der Waals surface area contributed by atoms with Crippen molar-refractivity contribution < 1.29 is 4.79 Å². The van der Waals surface area contributed by atoms with Crippen LogP contribution in [0.3, 0.4) is 0 Å². The Bertz CT molecular complexity index is 473. The number of benzene rings is 1. The Hall–Kier alpha value is -1.28. The zero-order valence-corrected chi connectivity index (χ0v) is 7.85. The summed E-state index contributed by atoms with van der Waals surface area (Å²) in [5.41, 5.74) is 1.64. The van der Waals surface area contributed by atoms with E-state index >= 15 is 0 Å². The highest BCUT2D eigenvalue weighted by molar-refractivity contribution is 6.35. The first-order valence-electron chi connectivity index (χ1n) is 3.96. The molecule has 1 N–H and O–H groups in total. The van der Waals surface area contributed by atoms with Crippen molar-refractivity contribution in [3.05, 3.63) is 35.0 Å². The van der Waals surface area contributed by atoms with Crippen LogP contribution in [0.2, 0.25) is 5.02 Å². The molecule has 0 spiro atoms. The van der Waals surface area contributed by atoms with E-state index in [-0.39, 0.29) is 5.78 Å². The monoisotopic (exact) mass is 193 g/mol. The first kappa shape index (κ1) is 8.32. The number of ketones is 1. The molecule has 0 fully saturated rings. The number of fused-ring (bicyclic) bond motifs is 1. The third-order valence-electron chi connectivity index (χ3n) is 2.04. The maximum absolute atomic E-state index is 11.1. The lowest BCUT2D eigenvalue weighted by Gasteiger charge is -1.95. The highest BCUT2D eigenvalue weighted by atomic mass is 35.5. The number of aromatic nitrogens is 1. The standard InChI is InChI=1S/C10H8ClNO/c1-6(13)7-2-3-10-8(4-7)9(11)5-12-10/h2-5,12H,1H3. The molecule has 0 saturated heterocycles. The highest BCUT2D eigenvalue weighted by Crippen LogP contribution is 2.23. The maximum Gasteiger partial charge on any atom is 0.159 e. The number of Topliss-reactive ketones (excluding diaryl/α,β-unsaturated/α-hetero) is 1. The summed E-state index contributed by atoms with van der Waals surface area (Å²) in [5.74, 6) is 0.0548. The topological polar surface area (TPSA) is 32.9 Å². The van der Waals surface area contributed by atoms with Gasteiger partial charge in [-0.25, -0.2) is 0 Å². The van der Waals surface area contributed by atoms with Crippen LogP contribution in [0.25, 0.3) is 10.9 Å². The number of hydrogen-bond donors (Lipinski definition) is 1. The molecule has 2 nitrogen and oxygen atoms in total. The van der Waals surface area contributed by atoms with Gasteiger partial charge in [0.1, 0.15) is 0 Å². The van der Waals surface area contributed by atoms with Crippen molar-refractivity contribution in [1.82, 2.24) is 4.98 Å². The van der Waals surface area contributed by atoms with E-state index in [9.17, 15) is 4.79 Å². The molecule has 3 heteroatoms. The number of aromatic amines is 1. The lowest BCUT2D eigenvalue weighted by molar-refractivity contribution is 0.101. The summed E-state index contributed by atoms with van der Waals surface area (Å²) in [6.45, 7) is 1.54. The fraction of sp³-hybridized carbons (Fsp3) is 0.100. The van der Waals surface area contributed by atoms with Crippen molar-refractivity contribution in [2.24, 2.45) is 0 Å². The van der Waals surface area contributed by atoms with Gasteiger partial charge in [0.15, 0.2) is 5.78 Å². The van der Waals surface area contributed by atoms with E-state index in [1.807, 2.05) is 6.07 Å². The van der Waals surface area contributed by atoms with Crippen LogP contribution in [0.5, 0.6) is 0 Å². The van der Waals surface area contributed by atoms with E-state index in [0.717, 1.165) is 10.9 Å². The first-order valence-corrected chi connectivity index (χ1v) is 4.34. The summed E-state index contributed by atoms with van der Waals surface area (Å²) in [4.78, 5) is 14.1. The molecule has 0 amide bonds. The van der Waals surface area contributed by atoms with Crippen LogP contribution >= 0.6 is 11.6 Å². The van der Waals surface area contributed by atoms with Crippen molar-refractivity contribution in [2.75, 3.05) is 0 Å². The van der Waals surface area contributed by atoms with Gasteiger partial charge in [-0.3, -0.25) is 4.79 Å². The molecule has 1 heterocycles. The highest BCUT2D eigenvalue weighted by Gasteiger charge is 2.04. The van der Waals surface area contributed by atoms with Crippen LogP contribution in [0, 0.1) is 0 Å². The molecule has 0 radical (unpaired) electrons. The van der Waals surface area contributed by atoms with Gasteiger partial charge in [-0.15, -0.1) is 0 Å². The van der Waals surface area contributed by atoms with Crippen molar-refractivity contribution in [2.45, 2.75) is 6.92 Å². The molecule has 0 aliphatic rings. The van der Waals surface area contributed by atoms with E-state index in [1.165, 1.54) is 0 Å². The van der Waals surface area contributed by atoms with Crippen molar-refractivity contribution in [1.29, 1.82) is 0 Å². The van der Waals surface area contributed by atoms with E-state index in [1.54, 1.807) is 25.3 Å². The Morgan fingerprint density at radius 1 is 1.46 bits per heavy atom. The van der Waals surface area contributed by atoms with Gasteiger partial charge in [-0.2, -0.15) is 0 Å². The summed E-state index contributed by atoms with van der Waals surface area (Å²) < 4.78 is 0. The van der Waals surface area contributed by atoms with Gasteiger partial charge in [0.05, 0.1) is 5.02 Å². The normalized spacial score (nSPS) is 10.6. The number of hydrogen-bond acceptors (Lipinski definition) is 1. The molecule has 2 rings (SSSR count). The largest absolute Gasteiger partial charge is 0.360 e. The average Bonchev–Trinajstić information content (AvgIpc) is 2.47. The second kappa shape index (κ2) is 2.89. The molecular formula is C10H8ClNO. The number of nitrogens with one attached hydrogen (secondary N) is 1. The smallest absolute Gasteiger partial charge is 0.159 e. The third-order valence-corrected chi connectivity index (χ3v) is 2.35. The fourth-order valence-electron chi connectivity index (χ4n) is 1.31. The zero-order chi connectivity index (χ0) is 9.42. The Balaban J connectivity index is 2.72. The van der Waals surface area contributed by atoms with Gasteiger partial charge in [0, 0.05) is 22.7 Å². The Morgan fingerprint density at radius 2 is 2.23 bits per heavy atom. The van der Waals surface area contributed by atoms with Crippen LogP contribution < -0.4 is 0 Å². The number of rotatable bonds is 1. The summed E-state index contributed by atoms with van der Waals surface area (Å²) >= 11 is 5.91. The minimum Gasteiger partial charge on any atom is -0.360 e. The number of halogens is 1. The molecule has 66 valence electrons. The second-order valence-corrected chi connectivity index (χ2v) is 3.36. The summed E-state index contributed by atoms with van der Waals surface area (Å²) in [7, 11) is 0. The third kappa shape index (κ3) is 1.33. The van der Waals surface area contributed by atoms with Gasteiger partial charge in [-0.1, -0.05) is 11.6 Å². The van der Waals surface area contributed by atoms with E-state index in [4.69, 9.17) is 11.6 Å². The molecule has 0 aliphatic carbocycles. The SMILES string of the molecule is CC(=O)c1ccc2[nH]cc(Cl)c2c1. The number of carbonyl (C=O) groups excluding carboxylic acids is 1. The lowest BCUT2D eigenvalue weighted by Crippen LogP contribution is -1.90. The van der Waals surface area contributed by atoms with Crippen molar-refractivity contribution in [3.63, 3.8) is 0 Å². The molecule has 0 bridgehead atoms. The Labute approximate surface area is 80.5 Å². The minimum absolute atomic E-state index is 0.0548. The van der Waals surface area contributed by atoms with Crippen molar-refractivity contribution in [3.8, 4) is 0 Å². The van der Waals surface area contributed by atoms with Crippen LogP contribution in [0.1, 0.15) is 17.3 Å². The molecular weight excluding hydrogens is 186 g/mol. The first-order chi connectivity index (χ1) is 6.18. The van der Waals surface area contributed by atoms with E-state index in [2.05, 4.69) is 4.98 Å². The van der Waals surface area contributed by atoms with Gasteiger partial charge in [0.25, 0.3) is 0 Å². The summed E-state index contributed by atoms with van der Waals surface area (Å²) in [5, 5.41) is 1.55. The molecule has 1 aromatic heterocycles. The molecule has 13 heavy (non-hydrogen) atoms. The molecule has 1 aromatic carbocycles. The predicted octanol–water partition coefficient (Wildman–Crippen LogP) is 3.02. The van der Waals surface area contributed by atoms with Crippen LogP contribution in [-0.2, 0) is 0 Å². The van der Waals surface area contributed by atoms with Gasteiger partial charge >= 0.3 is 0 Å². The molecule has 0 atom stereocenters. The zero-order valence-electron chi connectivity index (χ0n) is 7.10. The maximum atomic E-state index is 11.1. The van der Waals surface area contributed by atoms with E-state index < -0.39 is 0 Å². The fourth-order valence-corrected chi connectivity index (χ4v) is 1.52. The second-order valence-electron chi connectivity index (χ2n) is 2.95. The number of H-pyrrole nitrogens is 1. The van der Waals surface area contributed by atoms with Crippen LogP contribution in [0.15, 0.2) is 24.4 Å². The molecule has 0 saturated carbocycles. The van der Waals surface area contributed by atoms with Gasteiger partial charge in [0.2, 0.25) is 0 Å². The van der Waals surface area contributed by atoms with Crippen molar-refractivity contribution >= 4 is 28.3 Å². The Morgan fingerprint density at radius 3 is 2.92 bits per heavy atom. The molecule has 2 aromatic rings. The summed E-state index contributed by atoms with van der Waals surface area (Å²) in [6, 6.07) is 5.45. The van der Waals surface area contributed by atoms with E-state index in [0.29, 0.717) is 10.6 Å². The minimum atomic E-state index is 0.0548. The van der Waals surface area contributed by atoms with Gasteiger partial charge < -0.3 is 4.98 Å². The molecule has 0 unspecified atom stereocenters. The lowest BCUT2D eigenvalue weighted by atomic mass is 10.1. The van der Waals surface area contributed by atoms with Gasteiger partial charge in [-0.05, 0) is 25.1 Å². The van der Waals surface area contributed by atoms with Crippen LogP contribution in [0.4, 0.5) is 0 Å². The predicted molar refractivity (Wildman–Crippen MR) is 53.3 cm³/mol. The quantitative estimate of drug-likeness (QED) is 0.694. The Kier molecular flexibility index (Phi) is 1.85. The van der Waals surface area contributed by atoms with Crippen LogP contribution in [-0.4, -0.2) is 10.8 Å².